The van der Waals surface area contributed by atoms with E-state index in [9.17, 15) is 14.9 Å². The zero-order valence-electron chi connectivity index (χ0n) is 8.01. The van der Waals surface area contributed by atoms with Crippen molar-refractivity contribution < 1.29 is 14.8 Å². The number of benzene rings is 1. The molecule has 0 amide bonds. The van der Waals surface area contributed by atoms with Gasteiger partial charge in [-0.2, -0.15) is 0 Å². The van der Waals surface area contributed by atoms with E-state index in [0.29, 0.717) is 5.56 Å². The predicted octanol–water partition coefficient (Wildman–Crippen LogP) is 2.00. The van der Waals surface area contributed by atoms with Crippen LogP contribution in [0.4, 0.5) is 5.69 Å². The average molecular weight is 207 g/mol. The van der Waals surface area contributed by atoms with E-state index in [1.807, 2.05) is 0 Å². The van der Waals surface area contributed by atoms with Gasteiger partial charge in [0.2, 0.25) is 0 Å². The summed E-state index contributed by atoms with van der Waals surface area (Å²) in [6, 6.07) is 4.53. The van der Waals surface area contributed by atoms with Crippen molar-refractivity contribution >= 4 is 17.7 Å². The topological polar surface area (TPSA) is 80.4 Å². The molecule has 0 unspecified atom stereocenters. The first-order valence-electron chi connectivity index (χ1n) is 4.17. The lowest BCUT2D eigenvalue weighted by Gasteiger charge is -1.98. The van der Waals surface area contributed by atoms with Gasteiger partial charge in [0.15, 0.2) is 0 Å². The summed E-state index contributed by atoms with van der Waals surface area (Å²) in [5.74, 6) is -1.13. The summed E-state index contributed by atoms with van der Waals surface area (Å²) < 4.78 is 0. The molecule has 1 rings (SSSR count). The molecule has 0 aliphatic carbocycles. The molecule has 0 aliphatic rings. The van der Waals surface area contributed by atoms with Gasteiger partial charge in [-0.15, -0.1) is 0 Å². The fourth-order valence-electron chi connectivity index (χ4n) is 1.13. The Kier molecular flexibility index (Phi) is 3.17. The Hall–Kier alpha value is -2.17. The molecule has 0 heterocycles. The van der Waals surface area contributed by atoms with Crippen LogP contribution in [-0.2, 0) is 4.79 Å². The molecule has 78 valence electrons. The lowest BCUT2D eigenvalue weighted by Crippen LogP contribution is -1.93. The number of hydrogen-bond donors (Lipinski definition) is 1. The van der Waals surface area contributed by atoms with E-state index in [1.54, 1.807) is 19.1 Å². The maximum Gasteiger partial charge on any atom is 0.328 e. The summed E-state index contributed by atoms with van der Waals surface area (Å²) in [6.45, 7) is 1.78. The average Bonchev–Trinajstić information content (AvgIpc) is 2.14. The molecule has 1 N–H and O–H groups in total. The van der Waals surface area contributed by atoms with E-state index in [0.717, 1.165) is 11.6 Å². The molecule has 5 nitrogen and oxygen atoms in total. The number of nitro groups is 1. The normalized spacial score (nSPS) is 10.5. The van der Waals surface area contributed by atoms with E-state index in [-0.39, 0.29) is 5.69 Å². The van der Waals surface area contributed by atoms with Crippen LogP contribution in [0.1, 0.15) is 11.1 Å². The monoisotopic (exact) mass is 207 g/mol. The van der Waals surface area contributed by atoms with Gasteiger partial charge in [-0.05, 0) is 19.1 Å². The highest BCUT2D eigenvalue weighted by Gasteiger charge is 2.10. The smallest absolute Gasteiger partial charge is 0.328 e. The first-order valence-corrected chi connectivity index (χ1v) is 4.17. The fourth-order valence-corrected chi connectivity index (χ4v) is 1.13. The number of nitrogens with zero attached hydrogens (tertiary/aromatic N) is 1. The SMILES string of the molecule is Cc1ccc([N+](=O)[O-])c(C=CC(=O)O)c1. The highest BCUT2D eigenvalue weighted by molar-refractivity contribution is 5.86. The third-order valence-corrected chi connectivity index (χ3v) is 1.79. The number of carbonyl (C=O) groups is 1. The van der Waals surface area contributed by atoms with E-state index in [4.69, 9.17) is 5.11 Å². The number of carboxylic acid groups (broad SMARTS) is 1. The molecular weight excluding hydrogens is 198 g/mol. The van der Waals surface area contributed by atoms with E-state index >= 15 is 0 Å². The molecule has 0 aliphatic heterocycles. The summed E-state index contributed by atoms with van der Waals surface area (Å²) in [7, 11) is 0. The van der Waals surface area contributed by atoms with Crippen molar-refractivity contribution in [2.75, 3.05) is 0 Å². The first-order chi connectivity index (χ1) is 7.00. The quantitative estimate of drug-likeness (QED) is 0.467. The van der Waals surface area contributed by atoms with Gasteiger partial charge in [0.05, 0.1) is 10.5 Å². The van der Waals surface area contributed by atoms with Crippen molar-refractivity contribution in [2.45, 2.75) is 6.92 Å². The van der Waals surface area contributed by atoms with Gasteiger partial charge in [0, 0.05) is 12.1 Å². The lowest BCUT2D eigenvalue weighted by molar-refractivity contribution is -0.385. The van der Waals surface area contributed by atoms with Gasteiger partial charge in [-0.3, -0.25) is 10.1 Å². The zero-order chi connectivity index (χ0) is 11.4. The van der Waals surface area contributed by atoms with Gasteiger partial charge >= 0.3 is 5.97 Å². The molecule has 15 heavy (non-hydrogen) atoms. The van der Waals surface area contributed by atoms with Gasteiger partial charge in [0.25, 0.3) is 5.69 Å². The van der Waals surface area contributed by atoms with Crippen molar-refractivity contribution in [2.24, 2.45) is 0 Å². The number of nitro benzene ring substituents is 1. The van der Waals surface area contributed by atoms with Crippen molar-refractivity contribution in [1.82, 2.24) is 0 Å². The van der Waals surface area contributed by atoms with Crippen LogP contribution in [0.5, 0.6) is 0 Å². The minimum Gasteiger partial charge on any atom is -0.478 e. The van der Waals surface area contributed by atoms with Crippen LogP contribution in [0.2, 0.25) is 0 Å². The summed E-state index contributed by atoms with van der Waals surface area (Å²) in [5, 5.41) is 19.0. The van der Waals surface area contributed by atoms with Crippen LogP contribution < -0.4 is 0 Å². The van der Waals surface area contributed by atoms with E-state index < -0.39 is 10.9 Å². The molecule has 1 aromatic carbocycles. The number of rotatable bonds is 3. The Morgan fingerprint density at radius 3 is 2.73 bits per heavy atom. The number of aryl methyl sites for hydroxylation is 1. The number of aliphatic carboxylic acids is 1. The number of hydrogen-bond acceptors (Lipinski definition) is 3. The highest BCUT2D eigenvalue weighted by atomic mass is 16.6. The van der Waals surface area contributed by atoms with Crippen LogP contribution in [0, 0.1) is 17.0 Å². The molecule has 0 saturated carbocycles. The van der Waals surface area contributed by atoms with Crippen LogP contribution in [0.3, 0.4) is 0 Å². The third-order valence-electron chi connectivity index (χ3n) is 1.79. The van der Waals surface area contributed by atoms with Gasteiger partial charge in [-0.25, -0.2) is 4.79 Å². The van der Waals surface area contributed by atoms with Gasteiger partial charge in [0.1, 0.15) is 0 Å². The molecule has 1 aromatic rings. The van der Waals surface area contributed by atoms with Crippen molar-refractivity contribution in [3.63, 3.8) is 0 Å². The van der Waals surface area contributed by atoms with Crippen molar-refractivity contribution in [3.05, 3.63) is 45.5 Å². The van der Waals surface area contributed by atoms with Crippen LogP contribution >= 0.6 is 0 Å². The van der Waals surface area contributed by atoms with Crippen LogP contribution in [0.15, 0.2) is 24.3 Å². The second kappa shape index (κ2) is 4.36. The molecule has 0 atom stereocenters. The largest absolute Gasteiger partial charge is 0.478 e. The summed E-state index contributed by atoms with van der Waals surface area (Å²) in [6.07, 6.45) is 2.09. The Balaban J connectivity index is 3.18. The predicted molar refractivity (Wildman–Crippen MR) is 54.5 cm³/mol. The molecule has 0 aromatic heterocycles. The summed E-state index contributed by atoms with van der Waals surface area (Å²) >= 11 is 0. The third kappa shape index (κ3) is 2.91. The van der Waals surface area contributed by atoms with Crippen molar-refractivity contribution in [1.29, 1.82) is 0 Å². The minimum absolute atomic E-state index is 0.0990. The molecule has 0 saturated heterocycles. The Morgan fingerprint density at radius 2 is 2.20 bits per heavy atom. The van der Waals surface area contributed by atoms with E-state index in [1.165, 1.54) is 12.1 Å². The standard InChI is InChI=1S/C10H9NO4/c1-7-2-4-9(11(14)15)8(6-7)3-5-10(12)13/h2-6H,1H3,(H,12,13). The highest BCUT2D eigenvalue weighted by Crippen LogP contribution is 2.20. The second-order valence-corrected chi connectivity index (χ2v) is 2.99. The Bertz CT molecular complexity index is 437. The zero-order valence-corrected chi connectivity index (χ0v) is 8.01. The summed E-state index contributed by atoms with van der Waals surface area (Å²) in [5.41, 5.74) is 1.03. The number of carboxylic acids is 1. The van der Waals surface area contributed by atoms with Crippen LogP contribution in [0.25, 0.3) is 6.08 Å². The maximum absolute atomic E-state index is 10.6. The minimum atomic E-state index is -1.13. The lowest BCUT2D eigenvalue weighted by atomic mass is 10.1. The summed E-state index contributed by atoms with van der Waals surface area (Å²) in [4.78, 5) is 20.3. The fraction of sp³-hybridized carbons (Fsp3) is 0.100. The van der Waals surface area contributed by atoms with Gasteiger partial charge < -0.3 is 5.11 Å². The van der Waals surface area contributed by atoms with Gasteiger partial charge in [-0.1, -0.05) is 11.6 Å². The molecule has 0 fully saturated rings. The second-order valence-electron chi connectivity index (χ2n) is 2.99. The van der Waals surface area contributed by atoms with Crippen molar-refractivity contribution in [3.8, 4) is 0 Å². The first kappa shape index (κ1) is 10.9. The van der Waals surface area contributed by atoms with E-state index in [2.05, 4.69) is 0 Å². The maximum atomic E-state index is 10.6. The Labute approximate surface area is 85.8 Å². The molecule has 0 spiro atoms. The molecule has 0 bridgehead atoms. The molecule has 5 heteroatoms. The Morgan fingerprint density at radius 1 is 1.53 bits per heavy atom. The molecular formula is C10H9NO4. The van der Waals surface area contributed by atoms with Crippen LogP contribution in [-0.4, -0.2) is 16.0 Å². The molecule has 0 radical (unpaired) electrons.